The van der Waals surface area contributed by atoms with E-state index in [-0.39, 0.29) is 35.6 Å². The molecule has 176 valence electrons. The molecule has 0 bridgehead atoms. The Morgan fingerprint density at radius 1 is 0.886 bits per heavy atom. The zero-order chi connectivity index (χ0) is 25.6. The Morgan fingerprint density at radius 2 is 1.40 bits per heavy atom. The van der Waals surface area contributed by atoms with E-state index in [1.165, 1.54) is 6.21 Å². The third-order valence-electron chi connectivity index (χ3n) is 5.53. The minimum absolute atomic E-state index is 0.00674. The smallest absolute Gasteiger partial charge is 0.341 e. The summed E-state index contributed by atoms with van der Waals surface area (Å²) in [4.78, 5) is 30.8. The number of rotatable bonds is 7. The summed E-state index contributed by atoms with van der Waals surface area (Å²) >= 11 is 0. The fourth-order valence-electron chi connectivity index (χ4n) is 3.84. The Kier molecular flexibility index (Phi) is 7.63. The van der Waals surface area contributed by atoms with Crippen molar-refractivity contribution in [2.24, 2.45) is 10.4 Å². The van der Waals surface area contributed by atoms with Crippen LogP contribution < -0.4 is 0 Å². The van der Waals surface area contributed by atoms with Gasteiger partial charge in [0, 0.05) is 11.8 Å². The van der Waals surface area contributed by atoms with Gasteiger partial charge in [0.2, 0.25) is 5.41 Å². The molecule has 0 saturated heterocycles. The van der Waals surface area contributed by atoms with Gasteiger partial charge in [-0.25, -0.2) is 9.59 Å². The minimum Gasteiger partial charge on any atom is -0.463 e. The molecule has 1 aliphatic carbocycles. The van der Waals surface area contributed by atoms with E-state index in [0.717, 1.165) is 16.7 Å². The molecule has 7 nitrogen and oxygen atoms in total. The molecule has 0 heterocycles. The van der Waals surface area contributed by atoms with Crippen LogP contribution in [0, 0.1) is 41.9 Å². The monoisotopic (exact) mass is 467 g/mol. The number of carbonyl (C=O) groups excluding carboxylic acids is 2. The number of esters is 2. The molecule has 7 heteroatoms. The van der Waals surface area contributed by atoms with Gasteiger partial charge in [-0.15, -0.1) is 0 Å². The zero-order valence-corrected chi connectivity index (χ0v) is 20.1. The van der Waals surface area contributed by atoms with Crippen LogP contribution in [0.15, 0.2) is 70.4 Å². The number of ether oxygens (including phenoxy) is 2. The van der Waals surface area contributed by atoms with Gasteiger partial charge < -0.3 is 9.47 Å². The quantitative estimate of drug-likeness (QED) is 0.434. The molecular formula is C28H25N3O4. The molecule has 0 aliphatic heterocycles. The van der Waals surface area contributed by atoms with Gasteiger partial charge in [0.05, 0.1) is 42.2 Å². The number of benzene rings is 2. The molecule has 0 fully saturated rings. The molecule has 0 spiro atoms. The van der Waals surface area contributed by atoms with Crippen molar-refractivity contribution in [3.05, 3.63) is 87.6 Å². The van der Waals surface area contributed by atoms with Gasteiger partial charge in [-0.2, -0.15) is 10.5 Å². The first-order valence-electron chi connectivity index (χ1n) is 11.2. The largest absolute Gasteiger partial charge is 0.463 e. The summed E-state index contributed by atoms with van der Waals surface area (Å²) in [5, 5.41) is 20.6. The summed E-state index contributed by atoms with van der Waals surface area (Å²) in [6.45, 7) is 7.10. The molecule has 2 aromatic carbocycles. The van der Waals surface area contributed by atoms with Crippen LogP contribution in [0.5, 0.6) is 0 Å². The number of hydrogen-bond acceptors (Lipinski definition) is 7. The molecule has 3 rings (SSSR count). The Hall–Kier alpha value is -4.49. The fraction of sp³-hybridized carbons (Fsp3) is 0.250. The summed E-state index contributed by atoms with van der Waals surface area (Å²) in [6, 6.07) is 18.6. The second-order valence-electron chi connectivity index (χ2n) is 7.92. The normalized spacial score (nSPS) is 14.6. The molecule has 0 atom stereocenters. The van der Waals surface area contributed by atoms with Crippen molar-refractivity contribution in [2.45, 2.75) is 27.7 Å². The van der Waals surface area contributed by atoms with E-state index in [1.54, 1.807) is 26.0 Å². The van der Waals surface area contributed by atoms with Crippen molar-refractivity contribution in [1.29, 1.82) is 10.5 Å². The first-order chi connectivity index (χ1) is 16.8. The Bertz CT molecular complexity index is 1300. The second kappa shape index (κ2) is 10.6. The average Bonchev–Trinajstić information content (AvgIpc) is 3.15. The van der Waals surface area contributed by atoms with Crippen LogP contribution in [-0.2, 0) is 19.1 Å². The van der Waals surface area contributed by atoms with Gasteiger partial charge in [0.1, 0.15) is 0 Å². The Labute approximate surface area is 204 Å². The molecule has 1 aliphatic rings. The van der Waals surface area contributed by atoms with Crippen molar-refractivity contribution in [3.63, 3.8) is 0 Å². The average molecular weight is 468 g/mol. The van der Waals surface area contributed by atoms with Gasteiger partial charge in [-0.3, -0.25) is 4.99 Å². The number of hydrogen-bond donors (Lipinski definition) is 0. The summed E-state index contributed by atoms with van der Waals surface area (Å²) in [6.07, 6.45) is 1.52. The van der Waals surface area contributed by atoms with Crippen LogP contribution in [0.3, 0.4) is 0 Å². The maximum atomic E-state index is 13.2. The topological polar surface area (TPSA) is 113 Å². The number of aliphatic imine (C=N–C) groups is 1. The second-order valence-corrected chi connectivity index (χ2v) is 7.92. The van der Waals surface area contributed by atoms with Gasteiger partial charge in [-0.1, -0.05) is 59.7 Å². The number of aryl methyl sites for hydroxylation is 2. The number of allylic oxidation sites excluding steroid dienone is 1. The molecule has 0 radical (unpaired) electrons. The molecule has 35 heavy (non-hydrogen) atoms. The molecule has 0 aromatic heterocycles. The number of carbonyl (C=O) groups is 2. The SMILES string of the molecule is CCOC(=O)C1=C(C(=O)OCC)C(C#N)(C#N)C(c2ccc(C)cc2)=C1N=Cc1ccc(C)cc1. The molecule has 0 N–H and O–H groups in total. The van der Waals surface area contributed by atoms with E-state index < -0.39 is 17.4 Å². The lowest BCUT2D eigenvalue weighted by Gasteiger charge is -2.20. The highest BCUT2D eigenvalue weighted by Crippen LogP contribution is 2.52. The van der Waals surface area contributed by atoms with Crippen LogP contribution >= 0.6 is 0 Å². The van der Waals surface area contributed by atoms with E-state index in [9.17, 15) is 20.1 Å². The highest BCUT2D eigenvalue weighted by molar-refractivity contribution is 6.14. The molecule has 0 unspecified atom stereocenters. The first-order valence-corrected chi connectivity index (χ1v) is 11.2. The maximum Gasteiger partial charge on any atom is 0.341 e. The van der Waals surface area contributed by atoms with E-state index in [4.69, 9.17) is 9.47 Å². The van der Waals surface area contributed by atoms with Crippen molar-refractivity contribution < 1.29 is 19.1 Å². The lowest BCUT2D eigenvalue weighted by Crippen LogP contribution is -2.27. The van der Waals surface area contributed by atoms with E-state index in [2.05, 4.69) is 4.99 Å². The molecule has 0 saturated carbocycles. The van der Waals surface area contributed by atoms with Crippen molar-refractivity contribution in [2.75, 3.05) is 13.2 Å². The van der Waals surface area contributed by atoms with E-state index >= 15 is 0 Å². The van der Waals surface area contributed by atoms with Crippen molar-refractivity contribution in [3.8, 4) is 12.1 Å². The predicted molar refractivity (Wildman–Crippen MR) is 131 cm³/mol. The zero-order valence-electron chi connectivity index (χ0n) is 20.1. The maximum absolute atomic E-state index is 13.2. The standard InChI is InChI=1S/C28H25N3O4/c1-5-34-26(32)22-24(27(33)35-6-2)28(16-29,17-30)23(21-13-9-19(4)10-14-21)25(22)31-15-20-11-7-18(3)8-12-20/h7-15H,5-6H2,1-4H3. The summed E-state index contributed by atoms with van der Waals surface area (Å²) < 4.78 is 10.4. The van der Waals surface area contributed by atoms with Crippen molar-refractivity contribution >= 4 is 23.7 Å². The van der Waals surface area contributed by atoms with Crippen LogP contribution in [0.1, 0.15) is 36.1 Å². The third-order valence-corrected chi connectivity index (χ3v) is 5.53. The molecule has 2 aromatic rings. The molecular weight excluding hydrogens is 442 g/mol. The van der Waals surface area contributed by atoms with E-state index in [0.29, 0.717) is 5.56 Å². The highest BCUT2D eigenvalue weighted by atomic mass is 16.5. The van der Waals surface area contributed by atoms with E-state index in [1.807, 2.05) is 62.4 Å². The summed E-state index contributed by atoms with van der Waals surface area (Å²) in [7, 11) is 0. The van der Waals surface area contributed by atoms with Crippen LogP contribution in [0.4, 0.5) is 0 Å². The van der Waals surface area contributed by atoms with Crippen LogP contribution in [0.25, 0.3) is 5.57 Å². The van der Waals surface area contributed by atoms with Crippen molar-refractivity contribution in [1.82, 2.24) is 0 Å². The summed E-state index contributed by atoms with van der Waals surface area (Å²) in [5.41, 5.74) is 0.657. The predicted octanol–water partition coefficient (Wildman–Crippen LogP) is 4.60. The minimum atomic E-state index is -2.12. The van der Waals surface area contributed by atoms with Gasteiger partial charge in [-0.05, 0) is 38.8 Å². The van der Waals surface area contributed by atoms with Gasteiger partial charge >= 0.3 is 11.9 Å². The Morgan fingerprint density at radius 3 is 1.91 bits per heavy atom. The van der Waals surface area contributed by atoms with Gasteiger partial charge in [0.25, 0.3) is 0 Å². The van der Waals surface area contributed by atoms with Crippen LogP contribution in [0.2, 0.25) is 0 Å². The highest BCUT2D eigenvalue weighted by Gasteiger charge is 2.54. The van der Waals surface area contributed by atoms with Gasteiger partial charge in [0.15, 0.2) is 0 Å². The first kappa shape index (κ1) is 25.1. The lowest BCUT2D eigenvalue weighted by molar-refractivity contribution is -0.141. The number of nitrogens with zero attached hydrogens (tertiary/aromatic N) is 3. The molecule has 0 amide bonds. The number of nitriles is 2. The Balaban J connectivity index is 2.41. The third kappa shape index (κ3) is 4.76. The summed E-state index contributed by atoms with van der Waals surface area (Å²) in [5.74, 6) is -1.80. The lowest BCUT2D eigenvalue weighted by atomic mass is 9.76. The fourth-order valence-corrected chi connectivity index (χ4v) is 3.84. The van der Waals surface area contributed by atoms with Crippen LogP contribution in [-0.4, -0.2) is 31.4 Å².